The normalized spacial score (nSPS) is 14.2. The molecule has 0 aliphatic carbocycles. The highest BCUT2D eigenvalue weighted by Crippen LogP contribution is 2.13. The van der Waals surface area contributed by atoms with Crippen LogP contribution in [-0.4, -0.2) is 17.1 Å². The van der Waals surface area contributed by atoms with Gasteiger partial charge in [-0.3, -0.25) is 0 Å². The second kappa shape index (κ2) is 8.74. The van der Waals surface area contributed by atoms with Crippen molar-refractivity contribution in [2.75, 3.05) is 11.9 Å². The number of nitrogens with zero attached hydrogens (tertiary/aromatic N) is 1. The second-order valence-electron chi connectivity index (χ2n) is 5.99. The first-order chi connectivity index (χ1) is 11.4. The van der Waals surface area contributed by atoms with Gasteiger partial charge in [0.1, 0.15) is 5.82 Å². The minimum Gasteiger partial charge on any atom is -0.405 e. The van der Waals surface area contributed by atoms with Crippen LogP contribution in [0.1, 0.15) is 19.5 Å². The van der Waals surface area contributed by atoms with Crippen molar-refractivity contribution in [1.29, 1.82) is 0 Å². The average molecular weight is 325 g/mol. The molecule has 5 nitrogen and oxygen atoms in total. The van der Waals surface area contributed by atoms with Gasteiger partial charge in [-0.25, -0.2) is 4.98 Å². The molecule has 1 aromatic heterocycles. The Kier molecular flexibility index (Phi) is 7.01. The van der Waals surface area contributed by atoms with E-state index in [-0.39, 0.29) is 5.54 Å². The first-order valence-corrected chi connectivity index (χ1v) is 7.66. The first-order valence-electron chi connectivity index (χ1n) is 7.66. The third kappa shape index (κ3) is 5.44. The van der Waals surface area contributed by atoms with Gasteiger partial charge < -0.3 is 22.5 Å². The predicted octanol–water partition coefficient (Wildman–Crippen LogP) is 0.936. The summed E-state index contributed by atoms with van der Waals surface area (Å²) in [6, 6.07) is 1.89. The van der Waals surface area contributed by atoms with E-state index in [4.69, 9.17) is 22.2 Å². The molecule has 0 atom stereocenters. The van der Waals surface area contributed by atoms with Crippen molar-refractivity contribution >= 4 is 23.7 Å². The van der Waals surface area contributed by atoms with E-state index in [1.807, 2.05) is 32.1 Å². The van der Waals surface area contributed by atoms with Crippen molar-refractivity contribution in [1.82, 2.24) is 4.98 Å². The number of nitrogens with two attached hydrogens (primary N) is 3. The van der Waals surface area contributed by atoms with E-state index in [9.17, 15) is 0 Å². The lowest BCUT2D eigenvalue weighted by molar-refractivity contribution is 0.548. The Bertz CT molecular complexity index is 764. The Morgan fingerprint density at radius 1 is 1.29 bits per heavy atom. The van der Waals surface area contributed by atoms with Crippen molar-refractivity contribution in [3.8, 4) is 0 Å². The molecule has 0 saturated carbocycles. The van der Waals surface area contributed by atoms with E-state index in [1.54, 1.807) is 18.2 Å². The van der Waals surface area contributed by atoms with Crippen LogP contribution in [0.2, 0.25) is 0 Å². The maximum atomic E-state index is 6.07. The average Bonchev–Trinajstić information content (AvgIpc) is 2.53. The summed E-state index contributed by atoms with van der Waals surface area (Å²) in [5, 5.41) is 4.98. The zero-order valence-electron chi connectivity index (χ0n) is 14.4. The molecule has 0 aromatic carbocycles. The quantitative estimate of drug-likeness (QED) is 0.559. The molecule has 0 fully saturated rings. The largest absolute Gasteiger partial charge is 0.405 e. The zero-order chi connectivity index (χ0) is 18.2. The molecule has 1 rings (SSSR count). The molecule has 0 spiro atoms. The van der Waals surface area contributed by atoms with Gasteiger partial charge in [0.2, 0.25) is 0 Å². The monoisotopic (exact) mass is 325 g/mol. The molecule has 0 aliphatic rings. The number of hydrogen-bond donors (Lipinski definition) is 4. The van der Waals surface area contributed by atoms with E-state index in [2.05, 4.69) is 18.5 Å². The van der Waals surface area contributed by atoms with Crippen LogP contribution in [0.5, 0.6) is 0 Å². The lowest BCUT2D eigenvalue weighted by atomic mass is 10.1. The summed E-state index contributed by atoms with van der Waals surface area (Å²) in [6.07, 6.45) is 11.8. The first kappa shape index (κ1) is 19.3. The minimum atomic E-state index is -0.382. The highest BCUT2D eigenvalue weighted by molar-refractivity contribution is 5.74. The number of rotatable bonds is 7. The van der Waals surface area contributed by atoms with Crippen molar-refractivity contribution in [3.63, 3.8) is 0 Å². The summed E-state index contributed by atoms with van der Waals surface area (Å²) in [6.45, 7) is 11.9. The molecule has 7 N–H and O–H groups in total. The topological polar surface area (TPSA) is 103 Å². The van der Waals surface area contributed by atoms with Gasteiger partial charge in [-0.1, -0.05) is 37.5 Å². The molecule has 0 amide bonds. The highest BCUT2D eigenvalue weighted by Gasteiger charge is 2.12. The molecule has 128 valence electrons. The van der Waals surface area contributed by atoms with Gasteiger partial charge in [-0.2, -0.15) is 0 Å². The van der Waals surface area contributed by atoms with Gasteiger partial charge in [0.25, 0.3) is 0 Å². The molecule has 0 unspecified atom stereocenters. The maximum absolute atomic E-state index is 6.07. The number of allylic oxidation sites excluding steroid dienone is 5. The molecule has 0 saturated heterocycles. The Hall–Kier alpha value is -2.79. The summed E-state index contributed by atoms with van der Waals surface area (Å²) in [5.74, 6) is 0.683. The van der Waals surface area contributed by atoms with Gasteiger partial charge in [0.05, 0.1) is 5.69 Å². The Balaban J connectivity index is 3.62. The van der Waals surface area contributed by atoms with Gasteiger partial charge in [0.15, 0.2) is 0 Å². The van der Waals surface area contributed by atoms with Crippen molar-refractivity contribution in [2.45, 2.75) is 19.4 Å². The minimum absolute atomic E-state index is 0.382. The highest BCUT2D eigenvalue weighted by atomic mass is 15.0. The molecule has 0 bridgehead atoms. The van der Waals surface area contributed by atoms with Gasteiger partial charge in [-0.05, 0) is 32.2 Å². The van der Waals surface area contributed by atoms with Crippen LogP contribution in [0.15, 0.2) is 49.7 Å². The van der Waals surface area contributed by atoms with E-state index < -0.39 is 0 Å². The van der Waals surface area contributed by atoms with Crippen LogP contribution < -0.4 is 33.0 Å². The van der Waals surface area contributed by atoms with Crippen LogP contribution >= 0.6 is 0 Å². The van der Waals surface area contributed by atoms with Crippen LogP contribution in [0, 0.1) is 0 Å². The van der Waals surface area contributed by atoms with Crippen molar-refractivity contribution < 1.29 is 0 Å². The molecule has 0 radical (unpaired) electrons. The Labute approximate surface area is 143 Å². The fourth-order valence-electron chi connectivity index (χ4n) is 2.06. The lowest BCUT2D eigenvalue weighted by Gasteiger charge is -2.20. The molecule has 0 aliphatic heterocycles. The maximum Gasteiger partial charge on any atom is 0.134 e. The third-order valence-corrected chi connectivity index (χ3v) is 3.14. The molecule has 5 heteroatoms. The summed E-state index contributed by atoms with van der Waals surface area (Å²) < 4.78 is 0. The van der Waals surface area contributed by atoms with Crippen LogP contribution in [0.4, 0.5) is 5.82 Å². The summed E-state index contributed by atoms with van der Waals surface area (Å²) >= 11 is 0. The Morgan fingerprint density at radius 3 is 2.50 bits per heavy atom. The van der Waals surface area contributed by atoms with Gasteiger partial charge >= 0.3 is 0 Å². The Morgan fingerprint density at radius 2 is 2.00 bits per heavy atom. The predicted molar refractivity (Wildman–Crippen MR) is 105 cm³/mol. The molecule has 1 aromatic rings. The SMILES string of the molecule is C=C/C=C(\C=C/N)c1cc(=C/N)/c(=C\C=C)c(NCC(C)(C)N)n1. The number of anilines is 1. The lowest BCUT2D eigenvalue weighted by Crippen LogP contribution is -2.42. The standard InChI is InChI=1S/C19H27N5/c1-5-7-14(9-10-20)17-11-15(12-21)16(8-6-2)18(24-17)23-13-19(3,4)22/h5-12H,1-2,13,20-22H2,3-4H3,(H,23,24)/b10-9-,14-7+,15-12-,16-8+. The van der Waals surface area contributed by atoms with Crippen LogP contribution in [0.3, 0.4) is 0 Å². The third-order valence-electron chi connectivity index (χ3n) is 3.14. The zero-order valence-corrected chi connectivity index (χ0v) is 14.4. The van der Waals surface area contributed by atoms with Crippen molar-refractivity contribution in [2.24, 2.45) is 17.2 Å². The van der Waals surface area contributed by atoms with Crippen LogP contribution in [0.25, 0.3) is 17.8 Å². The molecule has 24 heavy (non-hydrogen) atoms. The van der Waals surface area contributed by atoms with E-state index in [1.165, 1.54) is 12.4 Å². The smallest absolute Gasteiger partial charge is 0.134 e. The van der Waals surface area contributed by atoms with Gasteiger partial charge in [-0.15, -0.1) is 0 Å². The number of hydrogen-bond acceptors (Lipinski definition) is 5. The number of nitrogens with one attached hydrogen (secondary N) is 1. The fourth-order valence-corrected chi connectivity index (χ4v) is 2.06. The van der Waals surface area contributed by atoms with E-state index in [0.29, 0.717) is 12.4 Å². The molecular weight excluding hydrogens is 298 g/mol. The molecular formula is C19H27N5. The molecule has 1 heterocycles. The van der Waals surface area contributed by atoms with Crippen molar-refractivity contribution in [3.05, 3.63) is 65.9 Å². The second-order valence-corrected chi connectivity index (χ2v) is 5.99. The fraction of sp³-hybridized carbons (Fsp3) is 0.211. The van der Waals surface area contributed by atoms with E-state index in [0.717, 1.165) is 21.7 Å². The van der Waals surface area contributed by atoms with Crippen LogP contribution in [-0.2, 0) is 0 Å². The summed E-state index contributed by atoms with van der Waals surface area (Å²) in [5.41, 5.74) is 18.6. The summed E-state index contributed by atoms with van der Waals surface area (Å²) in [7, 11) is 0. The number of pyridine rings is 1. The summed E-state index contributed by atoms with van der Waals surface area (Å²) in [4.78, 5) is 4.70. The van der Waals surface area contributed by atoms with Gasteiger partial charge in [0, 0.05) is 34.3 Å². The van der Waals surface area contributed by atoms with E-state index >= 15 is 0 Å². The number of aromatic nitrogens is 1.